The molecule has 23 heavy (non-hydrogen) atoms. The van der Waals surface area contributed by atoms with Crippen LogP contribution in [0, 0.1) is 5.92 Å². The predicted molar refractivity (Wildman–Crippen MR) is 89.3 cm³/mol. The number of hydrogen-bond acceptors (Lipinski definition) is 3. The first-order chi connectivity index (χ1) is 11.3. The summed E-state index contributed by atoms with van der Waals surface area (Å²) in [4.78, 5) is 21.4. The molecule has 2 aromatic rings. The van der Waals surface area contributed by atoms with Gasteiger partial charge in [0.2, 0.25) is 5.91 Å². The Kier molecular flexibility index (Phi) is 3.77. The van der Waals surface area contributed by atoms with Gasteiger partial charge < -0.3 is 14.4 Å². The van der Waals surface area contributed by atoms with Gasteiger partial charge in [0.15, 0.2) is 0 Å². The van der Waals surface area contributed by atoms with Gasteiger partial charge >= 0.3 is 0 Å². The Morgan fingerprint density at radius 1 is 1.04 bits per heavy atom. The summed E-state index contributed by atoms with van der Waals surface area (Å²) >= 11 is 0. The molecule has 120 valence electrons. The minimum Gasteiger partial charge on any atom is -0.368 e. The standard InChI is InChI=1S/C18H22N4O/c23-18(15-6-7-22-14-19-13-17(22)12-15)21-10-8-20(9-11-21)16-4-2-1-3-5-16/h1-5,13-15H,6-12H2. The maximum Gasteiger partial charge on any atom is 0.226 e. The van der Waals surface area contributed by atoms with Crippen LogP contribution in [0.1, 0.15) is 12.1 Å². The van der Waals surface area contributed by atoms with Crippen LogP contribution in [-0.2, 0) is 17.8 Å². The van der Waals surface area contributed by atoms with Gasteiger partial charge in [-0.3, -0.25) is 4.79 Å². The molecule has 0 saturated carbocycles. The largest absolute Gasteiger partial charge is 0.368 e. The zero-order valence-electron chi connectivity index (χ0n) is 13.3. The van der Waals surface area contributed by atoms with E-state index >= 15 is 0 Å². The minimum absolute atomic E-state index is 0.127. The van der Waals surface area contributed by atoms with Gasteiger partial charge in [0.05, 0.1) is 6.33 Å². The van der Waals surface area contributed by atoms with Crippen molar-refractivity contribution < 1.29 is 4.79 Å². The summed E-state index contributed by atoms with van der Waals surface area (Å²) in [5.41, 5.74) is 2.44. The highest BCUT2D eigenvalue weighted by atomic mass is 16.2. The Morgan fingerprint density at radius 3 is 2.61 bits per heavy atom. The highest BCUT2D eigenvalue weighted by molar-refractivity contribution is 5.79. The fourth-order valence-electron chi connectivity index (χ4n) is 3.66. The second kappa shape index (κ2) is 6.07. The van der Waals surface area contributed by atoms with E-state index in [1.54, 1.807) is 0 Å². The van der Waals surface area contributed by atoms with E-state index in [9.17, 15) is 4.79 Å². The molecule has 1 aromatic heterocycles. The highest BCUT2D eigenvalue weighted by Gasteiger charge is 2.30. The van der Waals surface area contributed by atoms with E-state index in [0.717, 1.165) is 45.6 Å². The first-order valence-electron chi connectivity index (χ1n) is 8.39. The molecule has 1 atom stereocenters. The first-order valence-corrected chi connectivity index (χ1v) is 8.39. The number of piperazine rings is 1. The van der Waals surface area contributed by atoms with Crippen molar-refractivity contribution in [3.05, 3.63) is 48.5 Å². The molecular formula is C18H22N4O. The van der Waals surface area contributed by atoms with E-state index < -0.39 is 0 Å². The highest BCUT2D eigenvalue weighted by Crippen LogP contribution is 2.23. The van der Waals surface area contributed by atoms with Crippen LogP contribution in [0.15, 0.2) is 42.9 Å². The van der Waals surface area contributed by atoms with Crippen LogP contribution in [0.3, 0.4) is 0 Å². The fraction of sp³-hybridized carbons (Fsp3) is 0.444. The Morgan fingerprint density at radius 2 is 1.83 bits per heavy atom. The molecule has 5 heteroatoms. The van der Waals surface area contributed by atoms with Crippen molar-refractivity contribution in [1.82, 2.24) is 14.5 Å². The lowest BCUT2D eigenvalue weighted by Crippen LogP contribution is -2.51. The summed E-state index contributed by atoms with van der Waals surface area (Å²) in [6.07, 6.45) is 5.53. The normalized spacial score (nSPS) is 21.1. The number of fused-ring (bicyclic) bond motifs is 1. The Labute approximate surface area is 136 Å². The fourth-order valence-corrected chi connectivity index (χ4v) is 3.66. The Bertz CT molecular complexity index is 673. The third-order valence-corrected chi connectivity index (χ3v) is 5.03. The summed E-state index contributed by atoms with van der Waals surface area (Å²) in [5.74, 6) is 0.452. The zero-order valence-corrected chi connectivity index (χ0v) is 13.3. The quantitative estimate of drug-likeness (QED) is 0.849. The lowest BCUT2D eigenvalue weighted by atomic mass is 9.94. The van der Waals surface area contributed by atoms with Crippen molar-refractivity contribution >= 4 is 11.6 Å². The number of carbonyl (C=O) groups is 1. The van der Waals surface area contributed by atoms with Gasteiger partial charge in [-0.2, -0.15) is 0 Å². The molecule has 2 aliphatic rings. The number of carbonyl (C=O) groups excluding carboxylic acids is 1. The molecule has 3 heterocycles. The number of aromatic nitrogens is 2. The van der Waals surface area contributed by atoms with Crippen molar-refractivity contribution in [3.8, 4) is 0 Å². The third kappa shape index (κ3) is 2.83. The summed E-state index contributed by atoms with van der Waals surface area (Å²) in [6.45, 7) is 4.39. The van der Waals surface area contributed by atoms with Crippen LogP contribution in [0.2, 0.25) is 0 Å². The second-order valence-electron chi connectivity index (χ2n) is 6.42. The van der Waals surface area contributed by atoms with Crippen LogP contribution in [0.4, 0.5) is 5.69 Å². The molecule has 2 aliphatic heterocycles. The Hall–Kier alpha value is -2.30. The van der Waals surface area contributed by atoms with E-state index in [-0.39, 0.29) is 5.92 Å². The number of para-hydroxylation sites is 1. The van der Waals surface area contributed by atoms with E-state index in [4.69, 9.17) is 0 Å². The van der Waals surface area contributed by atoms with Crippen molar-refractivity contribution in [2.45, 2.75) is 19.4 Å². The minimum atomic E-state index is 0.127. The lowest BCUT2D eigenvalue weighted by molar-refractivity contribution is -0.136. The number of hydrogen-bond donors (Lipinski definition) is 0. The molecule has 1 fully saturated rings. The molecule has 1 unspecified atom stereocenters. The SMILES string of the molecule is O=C(C1CCn2cncc2C1)N1CCN(c2ccccc2)CC1. The molecular weight excluding hydrogens is 288 g/mol. The van der Waals surface area contributed by atoms with Crippen molar-refractivity contribution in [1.29, 1.82) is 0 Å². The van der Waals surface area contributed by atoms with E-state index in [0.29, 0.717) is 5.91 Å². The van der Waals surface area contributed by atoms with Gasteiger partial charge in [0.25, 0.3) is 0 Å². The van der Waals surface area contributed by atoms with Gasteiger partial charge in [-0.1, -0.05) is 18.2 Å². The topological polar surface area (TPSA) is 41.4 Å². The van der Waals surface area contributed by atoms with Crippen LogP contribution >= 0.6 is 0 Å². The Balaban J connectivity index is 1.36. The predicted octanol–water partition coefficient (Wildman–Crippen LogP) is 1.79. The number of anilines is 1. The first kappa shape index (κ1) is 14.3. The third-order valence-electron chi connectivity index (χ3n) is 5.03. The molecule has 0 N–H and O–H groups in total. The number of rotatable bonds is 2. The summed E-state index contributed by atoms with van der Waals surface area (Å²) in [5, 5.41) is 0. The summed E-state index contributed by atoms with van der Waals surface area (Å²) < 4.78 is 2.16. The molecule has 0 radical (unpaired) electrons. The van der Waals surface area contributed by atoms with Gasteiger partial charge in [-0.15, -0.1) is 0 Å². The maximum atomic E-state index is 12.8. The van der Waals surface area contributed by atoms with Crippen molar-refractivity contribution in [2.75, 3.05) is 31.1 Å². The van der Waals surface area contributed by atoms with Crippen LogP contribution in [-0.4, -0.2) is 46.5 Å². The van der Waals surface area contributed by atoms with Crippen molar-refractivity contribution in [2.24, 2.45) is 5.92 Å². The number of aryl methyl sites for hydroxylation is 1. The molecule has 4 rings (SSSR count). The molecule has 1 amide bonds. The summed E-state index contributed by atoms with van der Waals surface area (Å²) in [6, 6.07) is 10.5. The lowest BCUT2D eigenvalue weighted by Gasteiger charge is -2.38. The van der Waals surface area contributed by atoms with Gasteiger partial charge in [0, 0.05) is 62.6 Å². The van der Waals surface area contributed by atoms with E-state index in [1.807, 2.05) is 18.6 Å². The number of nitrogens with zero attached hydrogens (tertiary/aromatic N) is 4. The van der Waals surface area contributed by atoms with Gasteiger partial charge in [-0.05, 0) is 18.6 Å². The number of benzene rings is 1. The molecule has 1 aromatic carbocycles. The van der Waals surface area contributed by atoms with Crippen LogP contribution < -0.4 is 4.90 Å². The van der Waals surface area contributed by atoms with Gasteiger partial charge in [0.1, 0.15) is 0 Å². The van der Waals surface area contributed by atoms with E-state index in [1.165, 1.54) is 11.4 Å². The average molecular weight is 310 g/mol. The molecule has 5 nitrogen and oxygen atoms in total. The molecule has 1 saturated heterocycles. The molecule has 0 bridgehead atoms. The van der Waals surface area contributed by atoms with Crippen molar-refractivity contribution in [3.63, 3.8) is 0 Å². The number of amides is 1. The zero-order chi connectivity index (χ0) is 15.6. The monoisotopic (exact) mass is 310 g/mol. The molecule has 0 spiro atoms. The van der Waals surface area contributed by atoms with E-state index in [2.05, 4.69) is 43.6 Å². The van der Waals surface area contributed by atoms with Crippen LogP contribution in [0.25, 0.3) is 0 Å². The smallest absolute Gasteiger partial charge is 0.226 e. The second-order valence-corrected chi connectivity index (χ2v) is 6.42. The van der Waals surface area contributed by atoms with Gasteiger partial charge in [-0.25, -0.2) is 4.98 Å². The maximum absolute atomic E-state index is 12.8. The average Bonchev–Trinajstić information content (AvgIpc) is 3.10. The number of imidazole rings is 1. The van der Waals surface area contributed by atoms with Crippen LogP contribution in [0.5, 0.6) is 0 Å². The molecule has 0 aliphatic carbocycles. The summed E-state index contributed by atoms with van der Waals surface area (Å²) in [7, 11) is 0.